The van der Waals surface area contributed by atoms with Crippen molar-refractivity contribution in [3.8, 4) is 0 Å². The Kier molecular flexibility index (Phi) is 3.96. The fourth-order valence-corrected chi connectivity index (χ4v) is 3.12. The van der Waals surface area contributed by atoms with Gasteiger partial charge in [0.1, 0.15) is 0 Å². The minimum atomic E-state index is 0.0905. The molecule has 0 saturated carbocycles. The third-order valence-corrected chi connectivity index (χ3v) is 4.07. The lowest BCUT2D eigenvalue weighted by atomic mass is 9.97. The van der Waals surface area contributed by atoms with Crippen LogP contribution in [0.5, 0.6) is 0 Å². The van der Waals surface area contributed by atoms with Gasteiger partial charge in [-0.15, -0.1) is 0 Å². The third-order valence-electron chi connectivity index (χ3n) is 4.07. The van der Waals surface area contributed by atoms with Gasteiger partial charge in [0.25, 0.3) is 5.91 Å². The molecule has 2 aromatic rings. The van der Waals surface area contributed by atoms with Gasteiger partial charge < -0.3 is 9.42 Å². The average molecular weight is 299 g/mol. The minimum absolute atomic E-state index is 0.0905. The van der Waals surface area contributed by atoms with Crippen molar-refractivity contribution in [2.24, 2.45) is 0 Å². The topological polar surface area (TPSA) is 59.2 Å². The molecule has 1 saturated heterocycles. The number of rotatable bonds is 2. The van der Waals surface area contributed by atoms with E-state index in [2.05, 4.69) is 16.2 Å². The summed E-state index contributed by atoms with van der Waals surface area (Å²) in [4.78, 5) is 19.0. The van der Waals surface area contributed by atoms with Crippen LogP contribution in [0.25, 0.3) is 0 Å². The molecular formula is C17H21N3O2. The maximum atomic E-state index is 12.7. The molecule has 116 valence electrons. The summed E-state index contributed by atoms with van der Waals surface area (Å²) in [5.74, 6) is 1.53. The zero-order valence-electron chi connectivity index (χ0n) is 13.3. The first-order valence-corrected chi connectivity index (χ1v) is 7.70. The number of carbonyl (C=O) groups excluding carboxylic acids is 1. The number of piperidine rings is 1. The summed E-state index contributed by atoms with van der Waals surface area (Å²) in [7, 11) is 0. The molecule has 1 aliphatic heterocycles. The van der Waals surface area contributed by atoms with Gasteiger partial charge in [-0.25, -0.2) is 0 Å². The lowest BCUT2D eigenvalue weighted by Crippen LogP contribution is -2.39. The Morgan fingerprint density at radius 2 is 1.95 bits per heavy atom. The summed E-state index contributed by atoms with van der Waals surface area (Å²) in [6.45, 7) is 7.28. The molecule has 2 heterocycles. The second-order valence-electron chi connectivity index (χ2n) is 6.15. The van der Waals surface area contributed by atoms with Crippen LogP contribution in [0.4, 0.5) is 0 Å². The second-order valence-corrected chi connectivity index (χ2v) is 6.15. The Morgan fingerprint density at radius 1 is 1.23 bits per heavy atom. The van der Waals surface area contributed by atoms with Crippen LogP contribution in [-0.4, -0.2) is 34.0 Å². The largest absolute Gasteiger partial charge is 0.339 e. The maximum absolute atomic E-state index is 12.7. The Bertz CT molecular complexity index is 673. The number of carbonyl (C=O) groups is 1. The van der Waals surface area contributed by atoms with E-state index in [1.165, 1.54) is 0 Å². The predicted octanol–water partition coefficient (Wildman–Crippen LogP) is 3.01. The molecule has 0 bridgehead atoms. The van der Waals surface area contributed by atoms with E-state index in [9.17, 15) is 4.79 Å². The Morgan fingerprint density at radius 3 is 2.59 bits per heavy atom. The summed E-state index contributed by atoms with van der Waals surface area (Å²) in [6, 6.07) is 5.99. The lowest BCUT2D eigenvalue weighted by molar-refractivity contribution is 0.0695. The van der Waals surface area contributed by atoms with Crippen LogP contribution >= 0.6 is 0 Å². The molecule has 0 aliphatic carbocycles. The van der Waals surface area contributed by atoms with Crippen LogP contribution in [-0.2, 0) is 0 Å². The molecule has 1 aliphatic rings. The first-order valence-electron chi connectivity index (χ1n) is 7.70. The van der Waals surface area contributed by atoms with Crippen LogP contribution in [0, 0.1) is 20.8 Å². The highest BCUT2D eigenvalue weighted by Gasteiger charge is 2.28. The highest BCUT2D eigenvalue weighted by atomic mass is 16.5. The van der Waals surface area contributed by atoms with E-state index < -0.39 is 0 Å². The molecule has 1 aromatic heterocycles. The van der Waals surface area contributed by atoms with E-state index in [4.69, 9.17) is 4.52 Å². The summed E-state index contributed by atoms with van der Waals surface area (Å²) < 4.78 is 5.28. The zero-order valence-corrected chi connectivity index (χ0v) is 13.3. The fourth-order valence-electron chi connectivity index (χ4n) is 3.12. The van der Waals surface area contributed by atoms with E-state index >= 15 is 0 Å². The van der Waals surface area contributed by atoms with Gasteiger partial charge in [0.15, 0.2) is 5.82 Å². The summed E-state index contributed by atoms with van der Waals surface area (Å²) >= 11 is 0. The molecule has 1 fully saturated rings. The van der Waals surface area contributed by atoms with Crippen LogP contribution in [0.1, 0.15) is 52.0 Å². The molecule has 1 unspecified atom stereocenters. The minimum Gasteiger partial charge on any atom is -0.339 e. The molecule has 0 radical (unpaired) electrons. The number of hydrogen-bond donors (Lipinski definition) is 0. The van der Waals surface area contributed by atoms with Crippen molar-refractivity contribution in [1.82, 2.24) is 15.0 Å². The second kappa shape index (κ2) is 5.91. The van der Waals surface area contributed by atoms with E-state index in [0.29, 0.717) is 18.3 Å². The summed E-state index contributed by atoms with van der Waals surface area (Å²) in [6.07, 6.45) is 1.95. The number of benzene rings is 1. The van der Waals surface area contributed by atoms with Gasteiger partial charge >= 0.3 is 0 Å². The van der Waals surface area contributed by atoms with Crippen LogP contribution in [0.2, 0.25) is 0 Å². The van der Waals surface area contributed by atoms with Gasteiger partial charge in [-0.3, -0.25) is 4.79 Å². The first-order chi connectivity index (χ1) is 10.5. The van der Waals surface area contributed by atoms with Crippen molar-refractivity contribution >= 4 is 5.91 Å². The molecular weight excluding hydrogens is 278 g/mol. The van der Waals surface area contributed by atoms with Crippen molar-refractivity contribution in [3.05, 3.63) is 46.6 Å². The number of hydrogen-bond acceptors (Lipinski definition) is 4. The molecule has 1 amide bonds. The maximum Gasteiger partial charge on any atom is 0.253 e. The van der Waals surface area contributed by atoms with Gasteiger partial charge in [-0.05, 0) is 45.7 Å². The lowest BCUT2D eigenvalue weighted by Gasteiger charge is -2.31. The van der Waals surface area contributed by atoms with E-state index in [-0.39, 0.29) is 11.8 Å². The molecule has 0 spiro atoms. The Balaban J connectivity index is 1.77. The molecule has 0 N–H and O–H groups in total. The van der Waals surface area contributed by atoms with Crippen LogP contribution < -0.4 is 0 Å². The molecule has 1 aromatic carbocycles. The number of amides is 1. The van der Waals surface area contributed by atoms with Crippen LogP contribution in [0.15, 0.2) is 22.7 Å². The number of aromatic nitrogens is 2. The van der Waals surface area contributed by atoms with E-state index in [1.807, 2.05) is 37.8 Å². The highest BCUT2D eigenvalue weighted by molar-refractivity contribution is 5.94. The quantitative estimate of drug-likeness (QED) is 0.855. The SMILES string of the molecule is Cc1cc(C)cc(C(=O)N2CCCC(c3nc(C)no3)C2)c1. The number of likely N-dealkylation sites (tertiary alicyclic amines) is 1. The van der Waals surface area contributed by atoms with Crippen LogP contribution in [0.3, 0.4) is 0 Å². The summed E-state index contributed by atoms with van der Waals surface area (Å²) in [5, 5.41) is 3.85. The fraction of sp³-hybridized carbons (Fsp3) is 0.471. The number of aryl methyl sites for hydroxylation is 3. The van der Waals surface area contributed by atoms with Gasteiger partial charge in [-0.1, -0.05) is 22.3 Å². The molecule has 5 nitrogen and oxygen atoms in total. The van der Waals surface area contributed by atoms with E-state index in [0.717, 1.165) is 36.1 Å². The van der Waals surface area contributed by atoms with Crippen molar-refractivity contribution in [2.75, 3.05) is 13.1 Å². The molecule has 3 rings (SSSR count). The zero-order chi connectivity index (χ0) is 15.7. The summed E-state index contributed by atoms with van der Waals surface area (Å²) in [5.41, 5.74) is 2.99. The third kappa shape index (κ3) is 3.03. The van der Waals surface area contributed by atoms with Gasteiger partial charge in [0.05, 0.1) is 5.92 Å². The van der Waals surface area contributed by atoms with Crippen molar-refractivity contribution in [1.29, 1.82) is 0 Å². The van der Waals surface area contributed by atoms with Crippen molar-refractivity contribution < 1.29 is 9.32 Å². The molecule has 5 heteroatoms. The number of nitrogens with zero attached hydrogens (tertiary/aromatic N) is 3. The van der Waals surface area contributed by atoms with Gasteiger partial charge in [0, 0.05) is 18.7 Å². The predicted molar refractivity (Wildman–Crippen MR) is 82.8 cm³/mol. The first kappa shape index (κ1) is 14.8. The van der Waals surface area contributed by atoms with Crippen molar-refractivity contribution in [3.63, 3.8) is 0 Å². The van der Waals surface area contributed by atoms with Gasteiger partial charge in [0.2, 0.25) is 5.89 Å². The van der Waals surface area contributed by atoms with Gasteiger partial charge in [-0.2, -0.15) is 4.98 Å². The average Bonchev–Trinajstić information content (AvgIpc) is 2.92. The monoisotopic (exact) mass is 299 g/mol. The Hall–Kier alpha value is -2.17. The van der Waals surface area contributed by atoms with E-state index in [1.54, 1.807) is 0 Å². The highest BCUT2D eigenvalue weighted by Crippen LogP contribution is 2.26. The standard InChI is InChI=1S/C17H21N3O2/c1-11-7-12(2)9-15(8-11)17(21)20-6-4-5-14(10-20)16-18-13(3)19-22-16/h7-9,14H,4-6,10H2,1-3H3. The Labute approximate surface area is 130 Å². The molecule has 22 heavy (non-hydrogen) atoms. The molecule has 1 atom stereocenters. The normalized spacial score (nSPS) is 18.5. The smallest absolute Gasteiger partial charge is 0.253 e. The van der Waals surface area contributed by atoms with Crippen molar-refractivity contribution in [2.45, 2.75) is 39.5 Å².